The summed E-state index contributed by atoms with van der Waals surface area (Å²) < 4.78 is 1.92. The van der Waals surface area contributed by atoms with Gasteiger partial charge in [0.2, 0.25) is 0 Å². The lowest BCUT2D eigenvalue weighted by Gasteiger charge is -2.11. The monoisotopic (exact) mass is 292 g/mol. The van der Waals surface area contributed by atoms with E-state index in [0.717, 1.165) is 54.3 Å². The highest BCUT2D eigenvalue weighted by atomic mass is 35.5. The minimum atomic E-state index is 0.522. The molecule has 4 nitrogen and oxygen atoms in total. The Balaban J connectivity index is 2.58. The molecule has 0 radical (unpaired) electrons. The molecule has 0 saturated carbocycles. The summed E-state index contributed by atoms with van der Waals surface area (Å²) in [5.74, 6) is 1.60. The molecule has 0 N–H and O–H groups in total. The first-order valence-corrected chi connectivity index (χ1v) is 7.59. The van der Waals surface area contributed by atoms with E-state index in [2.05, 4.69) is 41.9 Å². The van der Waals surface area contributed by atoms with Gasteiger partial charge in [-0.15, -0.1) is 0 Å². The van der Waals surface area contributed by atoms with Gasteiger partial charge in [0.25, 0.3) is 0 Å². The second-order valence-electron chi connectivity index (χ2n) is 4.88. The molecule has 0 aromatic carbocycles. The lowest BCUT2D eigenvalue weighted by molar-refractivity contribution is 0.739. The van der Waals surface area contributed by atoms with Gasteiger partial charge < -0.3 is 0 Å². The number of halogens is 1. The van der Waals surface area contributed by atoms with E-state index in [9.17, 15) is 0 Å². The molecule has 0 aliphatic heterocycles. The largest absolute Gasteiger partial charge is 0.221 e. The number of hydrogen-bond acceptors (Lipinski definition) is 3. The highest BCUT2D eigenvalue weighted by molar-refractivity contribution is 6.30. The van der Waals surface area contributed by atoms with Gasteiger partial charge in [0.05, 0.1) is 5.69 Å². The summed E-state index contributed by atoms with van der Waals surface area (Å²) in [6.45, 7) is 8.28. The Hall–Kier alpha value is -1.42. The van der Waals surface area contributed by atoms with Gasteiger partial charge in [0, 0.05) is 17.7 Å². The Kier molecular flexibility index (Phi) is 4.76. The summed E-state index contributed by atoms with van der Waals surface area (Å²) in [6, 6.07) is 2.13. The van der Waals surface area contributed by atoms with Crippen molar-refractivity contribution in [2.24, 2.45) is 0 Å². The molecule has 0 aliphatic carbocycles. The smallest absolute Gasteiger partial charge is 0.161 e. The van der Waals surface area contributed by atoms with Crippen LogP contribution in [0.15, 0.2) is 6.07 Å². The molecular weight excluding hydrogens is 272 g/mol. The van der Waals surface area contributed by atoms with Crippen LogP contribution in [0.5, 0.6) is 0 Å². The quantitative estimate of drug-likeness (QED) is 0.789. The van der Waals surface area contributed by atoms with Crippen LogP contribution in [0.4, 0.5) is 0 Å². The van der Waals surface area contributed by atoms with Crippen molar-refractivity contribution in [2.75, 3.05) is 0 Å². The average Bonchev–Trinajstić information content (AvgIpc) is 2.86. The average molecular weight is 293 g/mol. The molecule has 5 heteroatoms. The molecule has 0 spiro atoms. The summed E-state index contributed by atoms with van der Waals surface area (Å²) in [5, 5.41) is 5.16. The van der Waals surface area contributed by atoms with Crippen LogP contribution in [0.25, 0.3) is 5.82 Å². The van der Waals surface area contributed by atoms with Gasteiger partial charge >= 0.3 is 0 Å². The standard InChI is InChI=1S/C15H21ClN4/c1-5-8-13-17-14(16)10(4)15(18-13)20-12(7-3)9-11(6-2)19-20/h9H,5-8H2,1-4H3. The van der Waals surface area contributed by atoms with Gasteiger partial charge in [-0.2, -0.15) is 5.10 Å². The molecule has 2 aromatic heterocycles. The normalized spacial score (nSPS) is 11.1. The fourth-order valence-corrected chi connectivity index (χ4v) is 2.33. The molecule has 0 saturated heterocycles. The number of rotatable bonds is 5. The number of nitrogens with zero attached hydrogens (tertiary/aromatic N) is 4. The fraction of sp³-hybridized carbons (Fsp3) is 0.533. The maximum absolute atomic E-state index is 6.25. The Morgan fingerprint density at radius 2 is 1.90 bits per heavy atom. The van der Waals surface area contributed by atoms with E-state index in [-0.39, 0.29) is 0 Å². The van der Waals surface area contributed by atoms with Crippen LogP contribution in [0.1, 0.15) is 50.0 Å². The number of aromatic nitrogens is 4. The third kappa shape index (κ3) is 2.85. The van der Waals surface area contributed by atoms with E-state index in [4.69, 9.17) is 11.6 Å². The van der Waals surface area contributed by atoms with E-state index >= 15 is 0 Å². The third-order valence-electron chi connectivity index (χ3n) is 3.34. The Morgan fingerprint density at radius 1 is 1.15 bits per heavy atom. The first-order valence-electron chi connectivity index (χ1n) is 7.21. The first kappa shape index (κ1) is 15.0. The van der Waals surface area contributed by atoms with Crippen molar-refractivity contribution in [3.05, 3.63) is 34.0 Å². The van der Waals surface area contributed by atoms with Gasteiger partial charge in [-0.3, -0.25) is 0 Å². The molecule has 2 aromatic rings. The van der Waals surface area contributed by atoms with Crippen molar-refractivity contribution in [1.82, 2.24) is 19.7 Å². The molecule has 0 amide bonds. The van der Waals surface area contributed by atoms with Crippen molar-refractivity contribution in [3.63, 3.8) is 0 Å². The highest BCUT2D eigenvalue weighted by Gasteiger charge is 2.15. The van der Waals surface area contributed by atoms with Crippen LogP contribution in [-0.2, 0) is 19.3 Å². The van der Waals surface area contributed by atoms with Crippen molar-refractivity contribution in [2.45, 2.75) is 53.4 Å². The van der Waals surface area contributed by atoms with Crippen molar-refractivity contribution in [1.29, 1.82) is 0 Å². The second-order valence-corrected chi connectivity index (χ2v) is 5.23. The summed E-state index contributed by atoms with van der Waals surface area (Å²) >= 11 is 6.25. The molecule has 2 rings (SSSR count). The lowest BCUT2D eigenvalue weighted by Crippen LogP contribution is -2.10. The SMILES string of the molecule is CCCc1nc(Cl)c(C)c(-n2nc(CC)cc2CC)n1. The Morgan fingerprint density at radius 3 is 2.50 bits per heavy atom. The molecule has 0 aliphatic rings. The van der Waals surface area contributed by atoms with Gasteiger partial charge in [-0.25, -0.2) is 14.6 Å². The van der Waals surface area contributed by atoms with Crippen LogP contribution in [0.2, 0.25) is 5.15 Å². The minimum Gasteiger partial charge on any atom is -0.221 e. The van der Waals surface area contributed by atoms with E-state index in [1.807, 2.05) is 11.6 Å². The Bertz CT molecular complexity index is 604. The molecule has 20 heavy (non-hydrogen) atoms. The topological polar surface area (TPSA) is 43.6 Å². The zero-order chi connectivity index (χ0) is 14.7. The van der Waals surface area contributed by atoms with E-state index in [1.165, 1.54) is 0 Å². The molecule has 2 heterocycles. The third-order valence-corrected chi connectivity index (χ3v) is 3.71. The van der Waals surface area contributed by atoms with Gasteiger partial charge in [0.15, 0.2) is 5.82 Å². The second kappa shape index (κ2) is 6.35. The molecule has 0 atom stereocenters. The lowest BCUT2D eigenvalue weighted by atomic mass is 10.2. The zero-order valence-corrected chi connectivity index (χ0v) is 13.3. The van der Waals surface area contributed by atoms with Gasteiger partial charge in [-0.1, -0.05) is 32.4 Å². The van der Waals surface area contributed by atoms with Crippen LogP contribution in [0, 0.1) is 6.92 Å². The van der Waals surface area contributed by atoms with E-state index < -0.39 is 0 Å². The van der Waals surface area contributed by atoms with Crippen LogP contribution in [-0.4, -0.2) is 19.7 Å². The maximum atomic E-state index is 6.25. The summed E-state index contributed by atoms with van der Waals surface area (Å²) in [6.07, 6.45) is 3.66. The molecule has 108 valence electrons. The number of hydrogen-bond donors (Lipinski definition) is 0. The fourth-order valence-electron chi connectivity index (χ4n) is 2.15. The zero-order valence-electron chi connectivity index (χ0n) is 12.6. The molecular formula is C15H21ClN4. The Labute approximate surface area is 125 Å². The molecule has 0 fully saturated rings. The summed E-state index contributed by atoms with van der Waals surface area (Å²) in [5.41, 5.74) is 3.11. The molecule has 0 bridgehead atoms. The maximum Gasteiger partial charge on any atom is 0.161 e. The van der Waals surface area contributed by atoms with Crippen LogP contribution in [0.3, 0.4) is 0 Å². The van der Waals surface area contributed by atoms with Crippen molar-refractivity contribution < 1.29 is 0 Å². The predicted molar refractivity (Wildman–Crippen MR) is 81.7 cm³/mol. The summed E-state index contributed by atoms with van der Waals surface area (Å²) in [7, 11) is 0. The van der Waals surface area contributed by atoms with E-state index in [0.29, 0.717) is 5.15 Å². The predicted octanol–water partition coefficient (Wildman–Crippen LogP) is 3.70. The minimum absolute atomic E-state index is 0.522. The van der Waals surface area contributed by atoms with Crippen LogP contribution < -0.4 is 0 Å². The van der Waals surface area contributed by atoms with E-state index in [1.54, 1.807) is 0 Å². The number of aryl methyl sites for hydroxylation is 3. The van der Waals surface area contributed by atoms with Gasteiger partial charge in [-0.05, 0) is 32.3 Å². The van der Waals surface area contributed by atoms with Crippen molar-refractivity contribution in [3.8, 4) is 5.82 Å². The van der Waals surface area contributed by atoms with Gasteiger partial charge in [0.1, 0.15) is 11.0 Å². The molecule has 0 unspecified atom stereocenters. The van der Waals surface area contributed by atoms with Crippen molar-refractivity contribution >= 4 is 11.6 Å². The summed E-state index contributed by atoms with van der Waals surface area (Å²) in [4.78, 5) is 9.00. The first-order chi connectivity index (χ1) is 9.60. The van der Waals surface area contributed by atoms with Crippen LogP contribution >= 0.6 is 11.6 Å². The highest BCUT2D eigenvalue weighted by Crippen LogP contribution is 2.21.